The van der Waals surface area contributed by atoms with Crippen molar-refractivity contribution in [1.29, 1.82) is 0 Å². The van der Waals surface area contributed by atoms with Gasteiger partial charge in [-0.1, -0.05) is 42.8 Å². The van der Waals surface area contributed by atoms with Crippen LogP contribution in [0.4, 0.5) is 13.2 Å². The molecule has 0 aromatic heterocycles. The van der Waals surface area contributed by atoms with Gasteiger partial charge in [0.1, 0.15) is 5.82 Å². The molecule has 0 aliphatic heterocycles. The zero-order valence-corrected chi connectivity index (χ0v) is 11.5. The topological polar surface area (TPSA) is 12.0 Å². The third-order valence-electron chi connectivity index (χ3n) is 2.99. The Bertz CT molecular complexity index is 565. The minimum Gasteiger partial charge on any atom is -0.306 e. The molecule has 20 heavy (non-hydrogen) atoms. The molecular formula is C15H13ClF3N. The molecule has 0 heterocycles. The fourth-order valence-corrected chi connectivity index (χ4v) is 2.26. The maximum atomic E-state index is 14.1. The fourth-order valence-electron chi connectivity index (χ4n) is 2.08. The Hall–Kier alpha value is -1.52. The molecule has 106 valence electrons. The highest BCUT2D eigenvalue weighted by Crippen LogP contribution is 2.30. The molecule has 0 aliphatic carbocycles. The summed E-state index contributed by atoms with van der Waals surface area (Å²) in [5, 5.41) is 2.89. The van der Waals surface area contributed by atoms with Crippen molar-refractivity contribution in [1.82, 2.24) is 5.32 Å². The summed E-state index contributed by atoms with van der Waals surface area (Å²) in [5.74, 6) is -2.59. The highest BCUT2D eigenvalue weighted by atomic mass is 35.5. The van der Waals surface area contributed by atoms with Crippen molar-refractivity contribution in [3.8, 4) is 0 Å². The van der Waals surface area contributed by atoms with Crippen LogP contribution in [0.5, 0.6) is 0 Å². The highest BCUT2D eigenvalue weighted by Gasteiger charge is 2.22. The zero-order valence-electron chi connectivity index (χ0n) is 10.8. The minimum absolute atomic E-state index is 0.0491. The van der Waals surface area contributed by atoms with Gasteiger partial charge in [0.05, 0.1) is 11.1 Å². The third-order valence-corrected chi connectivity index (χ3v) is 3.29. The number of hydrogen-bond donors (Lipinski definition) is 1. The van der Waals surface area contributed by atoms with Crippen LogP contribution in [0.15, 0.2) is 36.4 Å². The second kappa shape index (κ2) is 6.29. The van der Waals surface area contributed by atoms with Crippen LogP contribution in [0, 0.1) is 17.5 Å². The van der Waals surface area contributed by atoms with Gasteiger partial charge in [-0.15, -0.1) is 0 Å². The molecule has 2 aromatic carbocycles. The number of hydrogen-bond acceptors (Lipinski definition) is 1. The molecule has 1 atom stereocenters. The van der Waals surface area contributed by atoms with Crippen molar-refractivity contribution >= 4 is 11.6 Å². The molecule has 2 rings (SSSR count). The Balaban J connectivity index is 2.56. The quantitative estimate of drug-likeness (QED) is 0.879. The highest BCUT2D eigenvalue weighted by molar-refractivity contribution is 6.30. The monoisotopic (exact) mass is 299 g/mol. The normalized spacial score (nSPS) is 12.4. The Labute approximate surface area is 120 Å². The van der Waals surface area contributed by atoms with Crippen molar-refractivity contribution in [3.05, 3.63) is 70.0 Å². The first-order valence-electron chi connectivity index (χ1n) is 6.17. The van der Waals surface area contributed by atoms with Gasteiger partial charge in [0, 0.05) is 11.1 Å². The molecule has 2 aromatic rings. The van der Waals surface area contributed by atoms with Gasteiger partial charge in [0.2, 0.25) is 0 Å². The largest absolute Gasteiger partial charge is 0.306 e. The molecular weight excluding hydrogens is 287 g/mol. The number of rotatable bonds is 4. The van der Waals surface area contributed by atoms with Crippen LogP contribution in [0.1, 0.15) is 24.1 Å². The first-order chi connectivity index (χ1) is 9.56. The minimum atomic E-state index is -0.988. The predicted molar refractivity (Wildman–Crippen MR) is 73.3 cm³/mol. The van der Waals surface area contributed by atoms with E-state index in [0.717, 1.165) is 6.07 Å². The van der Waals surface area contributed by atoms with Crippen molar-refractivity contribution in [2.75, 3.05) is 6.54 Å². The lowest BCUT2D eigenvalue weighted by atomic mass is 9.97. The zero-order chi connectivity index (χ0) is 14.7. The molecule has 5 heteroatoms. The first kappa shape index (κ1) is 14.9. The lowest BCUT2D eigenvalue weighted by Crippen LogP contribution is -2.24. The van der Waals surface area contributed by atoms with Crippen molar-refractivity contribution in [2.24, 2.45) is 0 Å². The molecule has 0 amide bonds. The Morgan fingerprint density at radius 1 is 1.00 bits per heavy atom. The SMILES string of the molecule is CCNC(c1cccc(F)c1F)c1cccc(Cl)c1F. The van der Waals surface area contributed by atoms with Gasteiger partial charge in [-0.3, -0.25) is 0 Å². The van der Waals surface area contributed by atoms with Crippen molar-refractivity contribution < 1.29 is 13.2 Å². The third kappa shape index (κ3) is 2.81. The van der Waals surface area contributed by atoms with E-state index in [2.05, 4.69) is 5.32 Å². The van der Waals surface area contributed by atoms with Crippen LogP contribution in [-0.4, -0.2) is 6.54 Å². The average Bonchev–Trinajstić information content (AvgIpc) is 2.43. The maximum absolute atomic E-state index is 14.1. The fraction of sp³-hybridized carbons (Fsp3) is 0.200. The summed E-state index contributed by atoms with van der Waals surface area (Å²) in [4.78, 5) is 0. The van der Waals surface area contributed by atoms with E-state index in [9.17, 15) is 13.2 Å². The van der Waals surface area contributed by atoms with Gasteiger partial charge in [-0.05, 0) is 18.7 Å². The Morgan fingerprint density at radius 2 is 1.60 bits per heavy atom. The van der Waals surface area contributed by atoms with Crippen LogP contribution >= 0.6 is 11.6 Å². The number of nitrogens with one attached hydrogen (secondary N) is 1. The van der Waals surface area contributed by atoms with E-state index in [1.807, 2.05) is 0 Å². The van der Waals surface area contributed by atoms with Gasteiger partial charge >= 0.3 is 0 Å². The average molecular weight is 300 g/mol. The molecule has 1 unspecified atom stereocenters. The van der Waals surface area contributed by atoms with Crippen LogP contribution in [-0.2, 0) is 0 Å². The molecule has 1 N–H and O–H groups in total. The van der Waals surface area contributed by atoms with Crippen LogP contribution in [0.3, 0.4) is 0 Å². The summed E-state index contributed by atoms with van der Waals surface area (Å²) in [5.41, 5.74) is 0.233. The molecule has 0 saturated carbocycles. The molecule has 0 aliphatic rings. The molecule has 1 nitrogen and oxygen atoms in total. The van der Waals surface area contributed by atoms with Gasteiger partial charge in [0.25, 0.3) is 0 Å². The van der Waals surface area contributed by atoms with E-state index in [-0.39, 0.29) is 16.1 Å². The van der Waals surface area contributed by atoms with Gasteiger partial charge in [0.15, 0.2) is 11.6 Å². The molecule has 0 spiro atoms. The summed E-state index contributed by atoms with van der Waals surface area (Å²) in [7, 11) is 0. The second-order valence-electron chi connectivity index (χ2n) is 4.28. The Kier molecular flexibility index (Phi) is 4.68. The summed E-state index contributed by atoms with van der Waals surface area (Å²) >= 11 is 5.75. The standard InChI is InChI=1S/C15H13ClF3N/c1-2-20-15(9-5-3-7-11(16)13(9)18)10-6-4-8-12(17)14(10)19/h3-8,15,20H,2H2,1H3. The molecule has 0 radical (unpaired) electrons. The number of halogens is 4. The van der Waals surface area contributed by atoms with E-state index in [4.69, 9.17) is 11.6 Å². The molecule has 0 bridgehead atoms. The number of benzene rings is 2. The maximum Gasteiger partial charge on any atom is 0.163 e. The smallest absolute Gasteiger partial charge is 0.163 e. The van der Waals surface area contributed by atoms with Gasteiger partial charge in [-0.2, -0.15) is 0 Å². The lowest BCUT2D eigenvalue weighted by Gasteiger charge is -2.20. The second-order valence-corrected chi connectivity index (χ2v) is 4.68. The predicted octanol–water partition coefficient (Wildman–Crippen LogP) is 4.46. The van der Waals surface area contributed by atoms with Crippen LogP contribution in [0.25, 0.3) is 0 Å². The first-order valence-corrected chi connectivity index (χ1v) is 6.55. The van der Waals surface area contributed by atoms with Crippen LogP contribution < -0.4 is 5.32 Å². The Morgan fingerprint density at radius 3 is 2.25 bits per heavy atom. The van der Waals surface area contributed by atoms with Crippen LogP contribution in [0.2, 0.25) is 5.02 Å². The molecule has 0 fully saturated rings. The van der Waals surface area contributed by atoms with E-state index in [1.165, 1.54) is 24.3 Å². The lowest BCUT2D eigenvalue weighted by molar-refractivity contribution is 0.477. The van der Waals surface area contributed by atoms with Gasteiger partial charge in [-0.25, -0.2) is 13.2 Å². The summed E-state index contributed by atoms with van der Waals surface area (Å²) in [6.07, 6.45) is 0. The summed E-state index contributed by atoms with van der Waals surface area (Å²) < 4.78 is 41.4. The summed E-state index contributed by atoms with van der Waals surface area (Å²) in [6.45, 7) is 2.26. The van der Waals surface area contributed by atoms with E-state index in [1.54, 1.807) is 13.0 Å². The van der Waals surface area contributed by atoms with Crippen molar-refractivity contribution in [3.63, 3.8) is 0 Å². The molecule has 0 saturated heterocycles. The van der Waals surface area contributed by atoms with E-state index in [0.29, 0.717) is 6.54 Å². The summed E-state index contributed by atoms with van der Waals surface area (Å²) in [6, 6.07) is 7.52. The van der Waals surface area contributed by atoms with E-state index < -0.39 is 23.5 Å². The van der Waals surface area contributed by atoms with Gasteiger partial charge < -0.3 is 5.32 Å². The van der Waals surface area contributed by atoms with Crippen molar-refractivity contribution in [2.45, 2.75) is 13.0 Å². The van der Waals surface area contributed by atoms with E-state index >= 15 is 0 Å².